The molecule has 0 unspecified atom stereocenters. The van der Waals surface area contributed by atoms with Gasteiger partial charge in [0, 0.05) is 18.4 Å². The molecule has 1 aliphatic heterocycles. The number of rotatable bonds is 10. The van der Waals surface area contributed by atoms with Gasteiger partial charge in [-0.25, -0.2) is 0 Å². The van der Waals surface area contributed by atoms with Crippen LogP contribution in [0.15, 0.2) is 53.7 Å². The first-order chi connectivity index (χ1) is 16.2. The molecule has 2 heterocycles. The third-order valence-corrected chi connectivity index (χ3v) is 6.56. The van der Waals surface area contributed by atoms with Crippen LogP contribution in [0.2, 0.25) is 0 Å². The van der Waals surface area contributed by atoms with Crippen molar-refractivity contribution >= 4 is 17.7 Å². The summed E-state index contributed by atoms with van der Waals surface area (Å²) in [7, 11) is 3.10. The average molecular weight is 469 g/mol. The fourth-order valence-corrected chi connectivity index (χ4v) is 4.69. The molecule has 3 aromatic rings. The zero-order valence-electron chi connectivity index (χ0n) is 18.8. The minimum absolute atomic E-state index is 0.244. The van der Waals surface area contributed by atoms with Gasteiger partial charge in [-0.2, -0.15) is 0 Å². The molecule has 9 heteroatoms. The van der Waals surface area contributed by atoms with Gasteiger partial charge in [-0.3, -0.25) is 4.79 Å². The molecule has 1 atom stereocenters. The lowest BCUT2D eigenvalue weighted by molar-refractivity contribution is 0.0946. The molecule has 1 aromatic heterocycles. The molecular weight excluding hydrogens is 440 g/mol. The number of amides is 1. The van der Waals surface area contributed by atoms with E-state index in [4.69, 9.17) is 14.2 Å². The lowest BCUT2D eigenvalue weighted by Gasteiger charge is -2.13. The van der Waals surface area contributed by atoms with Gasteiger partial charge >= 0.3 is 0 Å². The van der Waals surface area contributed by atoms with Crippen LogP contribution in [-0.4, -0.2) is 53.4 Å². The zero-order chi connectivity index (χ0) is 23.0. The lowest BCUT2D eigenvalue weighted by Crippen LogP contribution is -2.25. The predicted molar refractivity (Wildman–Crippen MR) is 126 cm³/mol. The number of methoxy groups -OCH3 is 2. The van der Waals surface area contributed by atoms with Crippen molar-refractivity contribution in [1.82, 2.24) is 20.1 Å². The minimum atomic E-state index is -0.252. The first-order valence-corrected chi connectivity index (χ1v) is 11.9. The predicted octanol–water partition coefficient (Wildman–Crippen LogP) is 3.54. The number of hydrogen-bond donors (Lipinski definition) is 1. The van der Waals surface area contributed by atoms with E-state index in [1.54, 1.807) is 37.1 Å². The maximum absolute atomic E-state index is 12.9. The molecule has 0 bridgehead atoms. The Labute approximate surface area is 197 Å². The second-order valence-corrected chi connectivity index (χ2v) is 8.65. The SMILES string of the molecule is COc1ccc(C(=O)NCc2nnc(SC[C@H]3CCCO3)n2Cc2ccccc2)c(OC)c1. The Bertz CT molecular complexity index is 1070. The van der Waals surface area contributed by atoms with Crippen molar-refractivity contribution in [2.75, 3.05) is 26.6 Å². The van der Waals surface area contributed by atoms with Crippen LogP contribution < -0.4 is 14.8 Å². The smallest absolute Gasteiger partial charge is 0.255 e. The van der Waals surface area contributed by atoms with Crippen molar-refractivity contribution in [2.24, 2.45) is 0 Å². The standard InChI is InChI=1S/C24H28N4O4S/c1-30-18-10-11-20(21(13-18)31-2)23(29)25-14-22-26-27-24(33-16-19-9-6-12-32-19)28(22)15-17-7-4-3-5-8-17/h3-5,7-8,10-11,13,19H,6,9,12,14-16H2,1-2H3,(H,25,29)/t19-/m1/s1. The summed E-state index contributed by atoms with van der Waals surface area (Å²) in [6, 6.07) is 15.3. The van der Waals surface area contributed by atoms with Gasteiger partial charge in [0.25, 0.3) is 5.91 Å². The number of aromatic nitrogens is 3. The second kappa shape index (κ2) is 11.2. The highest BCUT2D eigenvalue weighted by molar-refractivity contribution is 7.99. The second-order valence-electron chi connectivity index (χ2n) is 7.67. The average Bonchev–Trinajstić information content (AvgIpc) is 3.51. The van der Waals surface area contributed by atoms with E-state index in [0.29, 0.717) is 29.4 Å². The Morgan fingerprint density at radius 3 is 2.76 bits per heavy atom. The summed E-state index contributed by atoms with van der Waals surface area (Å²) in [5.74, 6) is 2.35. The Kier molecular flexibility index (Phi) is 7.85. The number of carbonyl (C=O) groups excluding carboxylic acids is 1. The molecule has 1 amide bonds. The molecule has 1 aliphatic rings. The number of carbonyl (C=O) groups is 1. The van der Waals surface area contributed by atoms with Crippen LogP contribution in [0, 0.1) is 0 Å². The number of hydrogen-bond acceptors (Lipinski definition) is 7. The van der Waals surface area contributed by atoms with Gasteiger partial charge in [0.15, 0.2) is 11.0 Å². The van der Waals surface area contributed by atoms with Crippen molar-refractivity contribution in [3.8, 4) is 11.5 Å². The van der Waals surface area contributed by atoms with E-state index < -0.39 is 0 Å². The first kappa shape index (κ1) is 23.1. The fourth-order valence-electron chi connectivity index (χ4n) is 3.67. The van der Waals surface area contributed by atoms with Crippen LogP contribution in [0.3, 0.4) is 0 Å². The van der Waals surface area contributed by atoms with E-state index in [1.807, 2.05) is 18.2 Å². The van der Waals surface area contributed by atoms with Crippen molar-refractivity contribution in [3.63, 3.8) is 0 Å². The molecule has 1 fully saturated rings. The van der Waals surface area contributed by atoms with E-state index in [-0.39, 0.29) is 18.6 Å². The van der Waals surface area contributed by atoms with Gasteiger partial charge in [-0.1, -0.05) is 42.1 Å². The van der Waals surface area contributed by atoms with Crippen molar-refractivity contribution in [3.05, 3.63) is 65.5 Å². The molecular formula is C24H28N4O4S. The summed E-state index contributed by atoms with van der Waals surface area (Å²) in [4.78, 5) is 12.9. The molecule has 4 rings (SSSR count). The number of nitrogens with one attached hydrogen (secondary N) is 1. The van der Waals surface area contributed by atoms with Gasteiger partial charge in [0.2, 0.25) is 0 Å². The number of nitrogens with zero attached hydrogens (tertiary/aromatic N) is 3. The van der Waals surface area contributed by atoms with E-state index in [1.165, 1.54) is 7.11 Å². The quantitative estimate of drug-likeness (QED) is 0.455. The van der Waals surface area contributed by atoms with Gasteiger partial charge in [0.05, 0.1) is 39.0 Å². The maximum atomic E-state index is 12.9. The van der Waals surface area contributed by atoms with E-state index in [0.717, 1.165) is 35.9 Å². The third-order valence-electron chi connectivity index (χ3n) is 5.46. The maximum Gasteiger partial charge on any atom is 0.255 e. The van der Waals surface area contributed by atoms with Crippen LogP contribution in [0.25, 0.3) is 0 Å². The highest BCUT2D eigenvalue weighted by Crippen LogP contribution is 2.26. The fraction of sp³-hybridized carbons (Fsp3) is 0.375. The summed E-state index contributed by atoms with van der Waals surface area (Å²) in [5, 5.41) is 12.6. The minimum Gasteiger partial charge on any atom is -0.497 e. The van der Waals surface area contributed by atoms with Gasteiger partial charge < -0.3 is 24.1 Å². The highest BCUT2D eigenvalue weighted by atomic mass is 32.2. The van der Waals surface area contributed by atoms with Crippen LogP contribution in [0.5, 0.6) is 11.5 Å². The molecule has 33 heavy (non-hydrogen) atoms. The Hall–Kier alpha value is -3.04. The van der Waals surface area contributed by atoms with E-state index in [9.17, 15) is 4.79 Å². The Morgan fingerprint density at radius 2 is 2.03 bits per heavy atom. The molecule has 8 nitrogen and oxygen atoms in total. The van der Waals surface area contributed by atoms with Crippen LogP contribution in [-0.2, 0) is 17.8 Å². The normalized spacial score (nSPS) is 15.4. The number of ether oxygens (including phenoxy) is 3. The third kappa shape index (κ3) is 5.85. The summed E-state index contributed by atoms with van der Waals surface area (Å²) in [5.41, 5.74) is 1.57. The Morgan fingerprint density at radius 1 is 1.18 bits per heavy atom. The van der Waals surface area contributed by atoms with Crippen molar-refractivity contribution < 1.29 is 19.0 Å². The molecule has 0 spiro atoms. The lowest BCUT2D eigenvalue weighted by atomic mass is 10.1. The molecule has 0 saturated carbocycles. The summed E-state index contributed by atoms with van der Waals surface area (Å²) >= 11 is 1.64. The van der Waals surface area contributed by atoms with E-state index in [2.05, 4.69) is 32.2 Å². The Balaban J connectivity index is 1.49. The molecule has 1 N–H and O–H groups in total. The number of benzene rings is 2. The number of thioether (sulfide) groups is 1. The van der Waals surface area contributed by atoms with Crippen LogP contribution in [0.1, 0.15) is 34.6 Å². The first-order valence-electron chi connectivity index (χ1n) is 10.9. The molecule has 0 radical (unpaired) electrons. The largest absolute Gasteiger partial charge is 0.497 e. The van der Waals surface area contributed by atoms with Gasteiger partial charge in [-0.05, 0) is 30.5 Å². The van der Waals surface area contributed by atoms with Crippen LogP contribution in [0.4, 0.5) is 0 Å². The summed E-state index contributed by atoms with van der Waals surface area (Å²) in [6.45, 7) is 1.70. The van der Waals surface area contributed by atoms with Crippen molar-refractivity contribution in [2.45, 2.75) is 37.2 Å². The molecule has 1 saturated heterocycles. The summed E-state index contributed by atoms with van der Waals surface area (Å²) in [6.07, 6.45) is 2.43. The van der Waals surface area contributed by atoms with E-state index >= 15 is 0 Å². The van der Waals surface area contributed by atoms with Crippen molar-refractivity contribution in [1.29, 1.82) is 0 Å². The highest BCUT2D eigenvalue weighted by Gasteiger charge is 2.20. The van der Waals surface area contributed by atoms with Gasteiger partial charge in [0.1, 0.15) is 11.5 Å². The van der Waals surface area contributed by atoms with Gasteiger partial charge in [-0.15, -0.1) is 10.2 Å². The van der Waals surface area contributed by atoms with Crippen LogP contribution >= 0.6 is 11.8 Å². The summed E-state index contributed by atoms with van der Waals surface area (Å²) < 4.78 is 18.4. The molecule has 2 aromatic carbocycles. The monoisotopic (exact) mass is 468 g/mol. The molecule has 174 valence electrons. The topological polar surface area (TPSA) is 87.5 Å². The molecule has 0 aliphatic carbocycles. The zero-order valence-corrected chi connectivity index (χ0v) is 19.6.